The fraction of sp³-hybridized carbons (Fsp3) is 0.417. The van der Waals surface area contributed by atoms with Gasteiger partial charge in [0, 0.05) is 30.4 Å². The van der Waals surface area contributed by atoms with Crippen LogP contribution in [0.4, 0.5) is 0 Å². The maximum atomic E-state index is 12.2. The van der Waals surface area contributed by atoms with Crippen molar-refractivity contribution < 1.29 is 8.42 Å². The molecule has 0 aliphatic carbocycles. The third-order valence-corrected chi connectivity index (χ3v) is 5.12. The van der Waals surface area contributed by atoms with E-state index in [0.29, 0.717) is 13.1 Å². The summed E-state index contributed by atoms with van der Waals surface area (Å²) in [6.07, 6.45) is 1.61. The van der Waals surface area contributed by atoms with E-state index in [1.165, 1.54) is 11.3 Å². The van der Waals surface area contributed by atoms with Crippen LogP contribution in [0.3, 0.4) is 0 Å². The summed E-state index contributed by atoms with van der Waals surface area (Å²) < 4.78 is 28.8. The molecular formula is C12H18N4O2S2. The normalized spacial score (nSPS) is 11.9. The molecule has 0 saturated carbocycles. The highest BCUT2D eigenvalue weighted by molar-refractivity contribution is 7.89. The number of aryl methyl sites for hydroxylation is 2. The van der Waals surface area contributed by atoms with E-state index in [0.717, 1.165) is 16.4 Å². The Hall–Kier alpha value is -1.22. The SMILES string of the molecule is CCn1cc(S(=O)(=O)NCc2csc(C)n2)cc1CN. The van der Waals surface area contributed by atoms with E-state index < -0.39 is 10.0 Å². The van der Waals surface area contributed by atoms with Gasteiger partial charge in [-0.3, -0.25) is 0 Å². The number of nitrogens with one attached hydrogen (secondary N) is 1. The highest BCUT2D eigenvalue weighted by Gasteiger charge is 2.17. The van der Waals surface area contributed by atoms with Crippen LogP contribution < -0.4 is 10.5 Å². The van der Waals surface area contributed by atoms with Crippen LogP contribution in [-0.2, 0) is 29.7 Å². The van der Waals surface area contributed by atoms with Crippen molar-refractivity contribution in [3.8, 4) is 0 Å². The first-order valence-corrected chi connectivity index (χ1v) is 8.62. The summed E-state index contributed by atoms with van der Waals surface area (Å²) in [5.74, 6) is 0. The first-order chi connectivity index (χ1) is 9.46. The quantitative estimate of drug-likeness (QED) is 0.838. The van der Waals surface area contributed by atoms with E-state index in [4.69, 9.17) is 5.73 Å². The summed E-state index contributed by atoms with van der Waals surface area (Å²) >= 11 is 1.50. The molecule has 0 saturated heterocycles. The van der Waals surface area contributed by atoms with Gasteiger partial charge >= 0.3 is 0 Å². The topological polar surface area (TPSA) is 90.0 Å². The van der Waals surface area contributed by atoms with Gasteiger partial charge in [-0.25, -0.2) is 18.1 Å². The third-order valence-electron chi connectivity index (χ3n) is 2.93. The highest BCUT2D eigenvalue weighted by atomic mass is 32.2. The van der Waals surface area contributed by atoms with Gasteiger partial charge in [-0.1, -0.05) is 0 Å². The summed E-state index contributed by atoms with van der Waals surface area (Å²) in [4.78, 5) is 4.47. The smallest absolute Gasteiger partial charge is 0.242 e. The second kappa shape index (κ2) is 6.04. The number of nitrogens with two attached hydrogens (primary N) is 1. The van der Waals surface area contributed by atoms with Crippen LogP contribution in [0.1, 0.15) is 23.3 Å². The Bertz CT molecular complexity index is 667. The van der Waals surface area contributed by atoms with Gasteiger partial charge in [0.05, 0.1) is 22.1 Å². The van der Waals surface area contributed by atoms with Crippen molar-refractivity contribution in [1.29, 1.82) is 0 Å². The van der Waals surface area contributed by atoms with Crippen LogP contribution in [0, 0.1) is 6.92 Å². The minimum absolute atomic E-state index is 0.196. The van der Waals surface area contributed by atoms with Crippen LogP contribution in [0.2, 0.25) is 0 Å². The molecule has 20 heavy (non-hydrogen) atoms. The number of sulfonamides is 1. The second-order valence-corrected chi connectivity index (χ2v) is 7.17. The van der Waals surface area contributed by atoms with Crippen molar-refractivity contribution in [2.45, 2.75) is 38.4 Å². The minimum Gasteiger partial charge on any atom is -0.349 e. The summed E-state index contributed by atoms with van der Waals surface area (Å²) in [5.41, 5.74) is 7.14. The molecule has 0 amide bonds. The summed E-state index contributed by atoms with van der Waals surface area (Å²) in [5, 5.41) is 2.77. The lowest BCUT2D eigenvalue weighted by Gasteiger charge is -2.03. The van der Waals surface area contributed by atoms with Crippen LogP contribution in [0.5, 0.6) is 0 Å². The zero-order valence-electron chi connectivity index (χ0n) is 11.5. The molecule has 2 rings (SSSR count). The lowest BCUT2D eigenvalue weighted by Crippen LogP contribution is -2.23. The Morgan fingerprint density at radius 1 is 1.50 bits per heavy atom. The van der Waals surface area contributed by atoms with Crippen molar-refractivity contribution in [1.82, 2.24) is 14.3 Å². The predicted molar refractivity (Wildman–Crippen MR) is 78.9 cm³/mol. The van der Waals surface area contributed by atoms with Gasteiger partial charge < -0.3 is 10.3 Å². The molecule has 6 nitrogen and oxygen atoms in total. The fourth-order valence-corrected chi connectivity index (χ4v) is 3.55. The van der Waals surface area contributed by atoms with E-state index in [9.17, 15) is 8.42 Å². The van der Waals surface area contributed by atoms with E-state index in [-0.39, 0.29) is 11.4 Å². The van der Waals surface area contributed by atoms with Gasteiger partial charge in [0.1, 0.15) is 0 Å². The standard InChI is InChI=1S/C12H18N4O2S2/c1-3-16-7-12(4-11(16)5-13)20(17,18)14-6-10-8-19-9(2)15-10/h4,7-8,14H,3,5-6,13H2,1-2H3. The molecule has 0 aliphatic heterocycles. The minimum atomic E-state index is -3.53. The Morgan fingerprint density at radius 2 is 2.25 bits per heavy atom. The average Bonchev–Trinajstić information content (AvgIpc) is 3.02. The Morgan fingerprint density at radius 3 is 2.75 bits per heavy atom. The van der Waals surface area contributed by atoms with Gasteiger partial charge in [-0.05, 0) is 19.9 Å². The molecule has 0 spiro atoms. The van der Waals surface area contributed by atoms with Crippen molar-refractivity contribution in [2.75, 3.05) is 0 Å². The van der Waals surface area contributed by atoms with Gasteiger partial charge in [-0.2, -0.15) is 0 Å². The number of nitrogens with zero attached hydrogens (tertiary/aromatic N) is 2. The molecule has 0 unspecified atom stereocenters. The van der Waals surface area contributed by atoms with E-state index in [1.54, 1.807) is 12.3 Å². The molecule has 0 bridgehead atoms. The molecule has 0 atom stereocenters. The van der Waals surface area contributed by atoms with Crippen molar-refractivity contribution in [3.05, 3.63) is 34.0 Å². The first-order valence-electron chi connectivity index (χ1n) is 6.26. The van der Waals surface area contributed by atoms with Crippen LogP contribution in [-0.4, -0.2) is 18.0 Å². The maximum absolute atomic E-state index is 12.2. The summed E-state index contributed by atoms with van der Waals surface area (Å²) in [7, 11) is -3.53. The molecule has 0 radical (unpaired) electrons. The lowest BCUT2D eigenvalue weighted by molar-refractivity contribution is 0.580. The molecule has 0 aliphatic rings. The molecule has 8 heteroatoms. The van der Waals surface area contributed by atoms with E-state index in [2.05, 4.69) is 9.71 Å². The van der Waals surface area contributed by atoms with E-state index >= 15 is 0 Å². The number of hydrogen-bond acceptors (Lipinski definition) is 5. The molecule has 2 heterocycles. The molecule has 110 valence electrons. The molecule has 2 aromatic heterocycles. The zero-order chi connectivity index (χ0) is 14.8. The maximum Gasteiger partial charge on any atom is 0.242 e. The van der Waals surface area contributed by atoms with Crippen molar-refractivity contribution in [2.24, 2.45) is 5.73 Å². The first kappa shape index (κ1) is 15.2. The monoisotopic (exact) mass is 314 g/mol. The van der Waals surface area contributed by atoms with Gasteiger partial charge in [-0.15, -0.1) is 11.3 Å². The lowest BCUT2D eigenvalue weighted by atomic mass is 10.4. The number of aromatic nitrogens is 2. The van der Waals surface area contributed by atoms with Crippen molar-refractivity contribution >= 4 is 21.4 Å². The number of hydrogen-bond donors (Lipinski definition) is 2. The highest BCUT2D eigenvalue weighted by Crippen LogP contribution is 2.15. The van der Waals surface area contributed by atoms with Crippen molar-refractivity contribution in [3.63, 3.8) is 0 Å². The van der Waals surface area contributed by atoms with Crippen LogP contribution in [0.15, 0.2) is 22.5 Å². The fourth-order valence-electron chi connectivity index (χ4n) is 1.88. The second-order valence-electron chi connectivity index (χ2n) is 4.34. The Balaban J connectivity index is 2.15. The summed E-state index contributed by atoms with van der Waals surface area (Å²) in [6, 6.07) is 1.61. The molecule has 2 aromatic rings. The average molecular weight is 314 g/mol. The van der Waals surface area contributed by atoms with E-state index in [1.807, 2.05) is 23.8 Å². The molecule has 0 aromatic carbocycles. The van der Waals surface area contributed by atoms with Gasteiger partial charge in [0.2, 0.25) is 10.0 Å². The Kier molecular flexibility index (Phi) is 4.59. The molecular weight excluding hydrogens is 296 g/mol. The van der Waals surface area contributed by atoms with Crippen LogP contribution >= 0.6 is 11.3 Å². The molecule has 0 fully saturated rings. The van der Waals surface area contributed by atoms with Gasteiger partial charge in [0.25, 0.3) is 0 Å². The number of thiazole rings is 1. The third kappa shape index (κ3) is 3.26. The van der Waals surface area contributed by atoms with Gasteiger partial charge in [0.15, 0.2) is 0 Å². The predicted octanol–water partition coefficient (Wildman–Crippen LogP) is 1.21. The zero-order valence-corrected chi connectivity index (χ0v) is 13.1. The number of rotatable bonds is 6. The largest absolute Gasteiger partial charge is 0.349 e. The Labute approximate surface area is 122 Å². The molecule has 3 N–H and O–H groups in total. The van der Waals surface area contributed by atoms with Crippen LogP contribution in [0.25, 0.3) is 0 Å². The summed E-state index contributed by atoms with van der Waals surface area (Å²) in [6.45, 7) is 5.03.